The molecule has 0 spiro atoms. The van der Waals surface area contributed by atoms with Crippen LogP contribution in [0.5, 0.6) is 0 Å². The molecule has 1 N–H and O–H groups in total. The van der Waals surface area contributed by atoms with Gasteiger partial charge in [-0.2, -0.15) is 13.2 Å². The number of pyridine rings is 1. The van der Waals surface area contributed by atoms with Gasteiger partial charge in [0.15, 0.2) is 0 Å². The van der Waals surface area contributed by atoms with Crippen LogP contribution in [-0.2, 0) is 36.3 Å². The van der Waals surface area contributed by atoms with E-state index in [0.717, 1.165) is 21.9 Å². The Kier molecular flexibility index (Phi) is 5.51. The predicted octanol–water partition coefficient (Wildman–Crippen LogP) is 1.92. The minimum absolute atomic E-state index is 0.212. The molecule has 37 heavy (non-hydrogen) atoms. The number of nitrogens with zero attached hydrogens (tertiary/aromatic N) is 6. The van der Waals surface area contributed by atoms with Crippen LogP contribution in [0.1, 0.15) is 22.5 Å². The number of aromatic nitrogens is 5. The van der Waals surface area contributed by atoms with Gasteiger partial charge in [0.2, 0.25) is 0 Å². The summed E-state index contributed by atoms with van der Waals surface area (Å²) < 4.78 is 51.7. The van der Waals surface area contributed by atoms with Crippen LogP contribution < -0.4 is 5.69 Å². The van der Waals surface area contributed by atoms with Crippen molar-refractivity contribution in [2.75, 3.05) is 26.3 Å². The summed E-state index contributed by atoms with van der Waals surface area (Å²) in [5.74, 6) is 0.789. The van der Waals surface area contributed by atoms with Gasteiger partial charge >= 0.3 is 11.9 Å². The fourth-order valence-corrected chi connectivity index (χ4v) is 5.15. The molecule has 0 saturated carbocycles. The molecule has 194 valence electrons. The molecule has 0 amide bonds. The summed E-state index contributed by atoms with van der Waals surface area (Å²) in [6.07, 6.45) is -0.213. The molecule has 2 aliphatic rings. The number of likely N-dealkylation sites (tertiary alicyclic amines) is 1. The number of hydrogen-bond donors (Lipinski definition) is 1. The molecule has 5 heterocycles. The lowest BCUT2D eigenvalue weighted by molar-refractivity contribution is -0.136. The van der Waals surface area contributed by atoms with Crippen molar-refractivity contribution >= 4 is 5.52 Å². The van der Waals surface area contributed by atoms with E-state index >= 15 is 0 Å². The van der Waals surface area contributed by atoms with Crippen molar-refractivity contribution in [3.05, 3.63) is 82.1 Å². The summed E-state index contributed by atoms with van der Waals surface area (Å²) in [4.78, 5) is 15.2. The highest BCUT2D eigenvalue weighted by Crippen LogP contribution is 2.37. The average Bonchev–Trinajstić information content (AvgIpc) is 3.36. The Balaban J connectivity index is 1.41. The van der Waals surface area contributed by atoms with Crippen LogP contribution in [0.2, 0.25) is 0 Å². The van der Waals surface area contributed by atoms with Gasteiger partial charge < -0.3 is 14.4 Å². The summed E-state index contributed by atoms with van der Waals surface area (Å²) in [5, 5.41) is 17.6. The number of fused-ring (bicyclic) bond motifs is 1. The maximum Gasteiger partial charge on any atom is 0.418 e. The van der Waals surface area contributed by atoms with Gasteiger partial charge in [-0.05, 0) is 29.3 Å². The molecule has 0 atom stereocenters. The molecular weight excluding hydrogens is 489 g/mol. The second kappa shape index (κ2) is 8.54. The standard InChI is InChI=1S/C25H25F3N6O3/c1-31-15-29-30-22(31)7-24(13-37-14-24)17-3-2-4-18(6-17)33-12-21-20(25(26,27)28)5-16(9-34(21)23(33)36)8-32-10-19(35)11-32/h2-6,9,12,15,19,35H,7-8,10-11,13-14H2,1H3. The first-order valence-corrected chi connectivity index (χ1v) is 11.9. The topological polar surface area (TPSA) is 89.8 Å². The Hall–Kier alpha value is -3.48. The number of aryl methyl sites for hydroxylation is 1. The van der Waals surface area contributed by atoms with Crippen LogP contribution in [0.25, 0.3) is 11.2 Å². The van der Waals surface area contributed by atoms with Gasteiger partial charge in [-0.1, -0.05) is 12.1 Å². The first-order valence-electron chi connectivity index (χ1n) is 11.9. The molecular formula is C25H25F3N6O3. The van der Waals surface area contributed by atoms with Crippen molar-refractivity contribution in [2.24, 2.45) is 7.05 Å². The van der Waals surface area contributed by atoms with Crippen molar-refractivity contribution in [1.29, 1.82) is 0 Å². The van der Waals surface area contributed by atoms with Gasteiger partial charge in [0.1, 0.15) is 12.2 Å². The molecule has 0 aliphatic carbocycles. The second-order valence-electron chi connectivity index (χ2n) is 10.0. The average molecular weight is 515 g/mol. The Morgan fingerprint density at radius 3 is 2.59 bits per heavy atom. The minimum Gasteiger partial charge on any atom is -0.390 e. The van der Waals surface area contributed by atoms with Crippen LogP contribution in [0, 0.1) is 0 Å². The van der Waals surface area contributed by atoms with Crippen molar-refractivity contribution in [1.82, 2.24) is 28.6 Å². The zero-order valence-corrected chi connectivity index (χ0v) is 20.0. The molecule has 2 aliphatic heterocycles. The SMILES string of the molecule is Cn1cnnc1CC1(c2cccc(-n3cc4c(C(F)(F)F)cc(CN5CC(O)C5)cn4c3=O)c2)COC1. The number of halogens is 3. The van der Waals surface area contributed by atoms with Crippen LogP contribution in [-0.4, -0.2) is 66.1 Å². The Morgan fingerprint density at radius 1 is 1.19 bits per heavy atom. The normalized spacial score (nSPS) is 18.2. The number of rotatable bonds is 6. The summed E-state index contributed by atoms with van der Waals surface area (Å²) in [6.45, 7) is 1.92. The molecule has 12 heteroatoms. The lowest BCUT2D eigenvalue weighted by atomic mass is 9.75. The molecule has 0 bridgehead atoms. The third-order valence-electron chi connectivity index (χ3n) is 7.27. The number of ether oxygens (including phenoxy) is 1. The van der Waals surface area contributed by atoms with E-state index < -0.39 is 23.5 Å². The molecule has 0 unspecified atom stereocenters. The number of benzene rings is 1. The molecule has 1 aromatic carbocycles. The number of imidazole rings is 1. The predicted molar refractivity (Wildman–Crippen MR) is 126 cm³/mol. The van der Waals surface area contributed by atoms with Gasteiger partial charge in [0.05, 0.1) is 36.1 Å². The molecule has 3 aromatic heterocycles. The molecule has 4 aromatic rings. The van der Waals surface area contributed by atoms with Gasteiger partial charge in [0, 0.05) is 50.9 Å². The summed E-state index contributed by atoms with van der Waals surface area (Å²) >= 11 is 0. The number of aliphatic hydroxyl groups excluding tert-OH is 1. The Labute approximate surface area is 209 Å². The first kappa shape index (κ1) is 23.9. The third kappa shape index (κ3) is 4.14. The van der Waals surface area contributed by atoms with Gasteiger partial charge in [-0.25, -0.2) is 4.79 Å². The molecule has 0 radical (unpaired) electrons. The van der Waals surface area contributed by atoms with Crippen LogP contribution in [0.4, 0.5) is 13.2 Å². The highest BCUT2D eigenvalue weighted by atomic mass is 19.4. The quantitative estimate of drug-likeness (QED) is 0.423. The van der Waals surface area contributed by atoms with E-state index in [4.69, 9.17) is 4.74 Å². The molecule has 9 nitrogen and oxygen atoms in total. The van der Waals surface area contributed by atoms with Crippen LogP contribution in [0.3, 0.4) is 0 Å². The van der Waals surface area contributed by atoms with E-state index in [1.165, 1.54) is 17.0 Å². The fraction of sp³-hybridized carbons (Fsp3) is 0.400. The maximum atomic E-state index is 14.0. The lowest BCUT2D eigenvalue weighted by Crippen LogP contribution is -2.49. The maximum absolute atomic E-state index is 14.0. The van der Waals surface area contributed by atoms with Gasteiger partial charge in [0.25, 0.3) is 0 Å². The van der Waals surface area contributed by atoms with Crippen molar-refractivity contribution < 1.29 is 23.0 Å². The van der Waals surface area contributed by atoms with Crippen LogP contribution in [0.15, 0.2) is 53.8 Å². The van der Waals surface area contributed by atoms with Gasteiger partial charge in [-0.3, -0.25) is 13.9 Å². The van der Waals surface area contributed by atoms with Gasteiger partial charge in [-0.15, -0.1) is 10.2 Å². The fourth-order valence-electron chi connectivity index (χ4n) is 5.15. The number of alkyl halides is 3. The van der Waals surface area contributed by atoms with E-state index in [9.17, 15) is 23.1 Å². The highest BCUT2D eigenvalue weighted by Gasteiger charge is 2.42. The zero-order chi connectivity index (χ0) is 25.9. The van der Waals surface area contributed by atoms with E-state index in [0.29, 0.717) is 44.0 Å². The third-order valence-corrected chi connectivity index (χ3v) is 7.27. The summed E-state index contributed by atoms with van der Waals surface area (Å²) in [6, 6.07) is 8.35. The lowest BCUT2D eigenvalue weighted by Gasteiger charge is -2.41. The summed E-state index contributed by atoms with van der Waals surface area (Å²) in [7, 11) is 1.86. The first-order chi connectivity index (χ1) is 17.6. The van der Waals surface area contributed by atoms with E-state index in [-0.39, 0.29) is 17.5 Å². The Bertz CT molecular complexity index is 1530. The van der Waals surface area contributed by atoms with Crippen molar-refractivity contribution in [3.63, 3.8) is 0 Å². The van der Waals surface area contributed by atoms with Crippen LogP contribution >= 0.6 is 0 Å². The molecule has 6 rings (SSSR count). The molecule has 2 fully saturated rings. The largest absolute Gasteiger partial charge is 0.418 e. The highest BCUT2D eigenvalue weighted by molar-refractivity contribution is 5.58. The number of hydrogen-bond acceptors (Lipinski definition) is 6. The number of aliphatic hydroxyl groups is 1. The smallest absolute Gasteiger partial charge is 0.390 e. The minimum atomic E-state index is -4.64. The number of β-amino-alcohol motifs (C(OH)–C–C–N with tert-alkyl or cyclic N) is 1. The van der Waals surface area contributed by atoms with E-state index in [2.05, 4.69) is 10.2 Å². The van der Waals surface area contributed by atoms with E-state index in [1.807, 2.05) is 28.6 Å². The summed E-state index contributed by atoms with van der Waals surface area (Å²) in [5.41, 5.74) is -0.304. The van der Waals surface area contributed by atoms with Crippen molar-refractivity contribution in [3.8, 4) is 5.69 Å². The Morgan fingerprint density at radius 2 is 1.97 bits per heavy atom. The molecule has 2 saturated heterocycles. The van der Waals surface area contributed by atoms with E-state index in [1.54, 1.807) is 18.5 Å². The monoisotopic (exact) mass is 514 g/mol. The second-order valence-corrected chi connectivity index (χ2v) is 10.0. The zero-order valence-electron chi connectivity index (χ0n) is 20.0. The van der Waals surface area contributed by atoms with Crippen molar-refractivity contribution in [2.45, 2.75) is 30.7 Å².